The van der Waals surface area contributed by atoms with E-state index in [1.807, 2.05) is 11.1 Å². The smallest absolute Gasteiger partial charge is 0.251 e. The monoisotopic (exact) mass is 571 g/mol. The third kappa shape index (κ3) is 6.92. The van der Waals surface area contributed by atoms with Crippen molar-refractivity contribution < 1.29 is 9.53 Å². The van der Waals surface area contributed by atoms with Crippen LogP contribution in [0.15, 0.2) is 23.3 Å². The SMILES string of the molecule is CCNC(=NCc1ccc(N2CCN(C)CC2)nc1)N1CCN(C(=O)C2CCCO2)CC1.I. The maximum atomic E-state index is 12.6. The number of guanidine groups is 1. The summed E-state index contributed by atoms with van der Waals surface area (Å²) in [6, 6.07) is 4.24. The number of pyridine rings is 1. The quantitative estimate of drug-likeness (QED) is 0.324. The molecule has 184 valence electrons. The number of amides is 1. The Labute approximate surface area is 214 Å². The molecule has 0 radical (unpaired) electrons. The molecule has 1 aromatic heterocycles. The summed E-state index contributed by atoms with van der Waals surface area (Å²) in [6.07, 6.45) is 3.55. The van der Waals surface area contributed by atoms with E-state index in [1.165, 1.54) is 0 Å². The topological polar surface area (TPSA) is 76.5 Å². The summed E-state index contributed by atoms with van der Waals surface area (Å²) in [5.41, 5.74) is 1.10. The van der Waals surface area contributed by atoms with Crippen LogP contribution in [0.4, 0.5) is 5.82 Å². The molecule has 3 aliphatic heterocycles. The van der Waals surface area contributed by atoms with Crippen LogP contribution in [0.2, 0.25) is 0 Å². The Bertz CT molecular complexity index is 770. The molecule has 3 saturated heterocycles. The number of ether oxygens (including phenoxy) is 1. The average Bonchev–Trinajstić information content (AvgIpc) is 3.37. The summed E-state index contributed by atoms with van der Waals surface area (Å²) in [5, 5.41) is 3.40. The first-order chi connectivity index (χ1) is 15.6. The van der Waals surface area contributed by atoms with Crippen LogP contribution in [-0.2, 0) is 16.1 Å². The molecule has 0 saturated carbocycles. The minimum absolute atomic E-state index is 0. The third-order valence-corrected chi connectivity index (χ3v) is 6.48. The molecule has 1 N–H and O–H groups in total. The van der Waals surface area contributed by atoms with Gasteiger partial charge in [0.25, 0.3) is 5.91 Å². The van der Waals surface area contributed by atoms with Crippen molar-refractivity contribution in [2.45, 2.75) is 32.4 Å². The van der Waals surface area contributed by atoms with Gasteiger partial charge in [0.1, 0.15) is 11.9 Å². The molecule has 0 aliphatic carbocycles. The van der Waals surface area contributed by atoms with E-state index in [-0.39, 0.29) is 36.0 Å². The van der Waals surface area contributed by atoms with Crippen LogP contribution in [0.25, 0.3) is 0 Å². The highest BCUT2D eigenvalue weighted by Gasteiger charge is 2.30. The van der Waals surface area contributed by atoms with E-state index in [1.54, 1.807) is 0 Å². The number of piperazine rings is 2. The van der Waals surface area contributed by atoms with E-state index >= 15 is 0 Å². The number of aromatic nitrogens is 1. The molecule has 4 heterocycles. The summed E-state index contributed by atoms with van der Waals surface area (Å²) >= 11 is 0. The first-order valence-corrected chi connectivity index (χ1v) is 12.0. The number of carbonyl (C=O) groups excluding carboxylic acids is 1. The fourth-order valence-corrected chi connectivity index (χ4v) is 4.44. The van der Waals surface area contributed by atoms with Crippen molar-refractivity contribution in [1.29, 1.82) is 0 Å². The van der Waals surface area contributed by atoms with E-state index in [9.17, 15) is 4.79 Å². The second-order valence-electron chi connectivity index (χ2n) is 8.80. The zero-order valence-electron chi connectivity index (χ0n) is 19.9. The normalized spacial score (nSPS) is 22.3. The second kappa shape index (κ2) is 12.7. The Balaban J connectivity index is 0.00000306. The van der Waals surface area contributed by atoms with Crippen LogP contribution >= 0.6 is 24.0 Å². The molecule has 1 atom stereocenters. The maximum Gasteiger partial charge on any atom is 0.251 e. The van der Waals surface area contributed by atoms with Crippen molar-refractivity contribution in [3.8, 4) is 0 Å². The molecule has 0 spiro atoms. The highest BCUT2D eigenvalue weighted by Crippen LogP contribution is 2.17. The predicted molar refractivity (Wildman–Crippen MR) is 141 cm³/mol. The zero-order valence-corrected chi connectivity index (χ0v) is 22.2. The summed E-state index contributed by atoms with van der Waals surface area (Å²) in [4.78, 5) is 31.0. The number of likely N-dealkylation sites (N-methyl/N-ethyl adjacent to an activating group) is 1. The Morgan fingerprint density at radius 1 is 1.12 bits per heavy atom. The van der Waals surface area contributed by atoms with Crippen LogP contribution in [0, 0.1) is 0 Å². The van der Waals surface area contributed by atoms with E-state index < -0.39 is 0 Å². The van der Waals surface area contributed by atoms with Gasteiger partial charge >= 0.3 is 0 Å². The van der Waals surface area contributed by atoms with Gasteiger partial charge in [-0.25, -0.2) is 9.98 Å². The number of halogens is 1. The highest BCUT2D eigenvalue weighted by atomic mass is 127. The highest BCUT2D eigenvalue weighted by molar-refractivity contribution is 14.0. The number of hydrogen-bond acceptors (Lipinski definition) is 6. The molecular weight excluding hydrogens is 533 g/mol. The van der Waals surface area contributed by atoms with Gasteiger partial charge in [0.05, 0.1) is 6.54 Å². The zero-order chi connectivity index (χ0) is 22.3. The van der Waals surface area contributed by atoms with Gasteiger partial charge in [-0.3, -0.25) is 4.79 Å². The average molecular weight is 572 g/mol. The van der Waals surface area contributed by atoms with Gasteiger partial charge in [-0.05, 0) is 38.4 Å². The molecule has 1 unspecified atom stereocenters. The lowest BCUT2D eigenvalue weighted by molar-refractivity contribution is -0.142. The van der Waals surface area contributed by atoms with Crippen molar-refractivity contribution in [3.05, 3.63) is 23.9 Å². The lowest BCUT2D eigenvalue weighted by Crippen LogP contribution is -2.55. The molecule has 1 aromatic rings. The third-order valence-electron chi connectivity index (χ3n) is 6.48. The van der Waals surface area contributed by atoms with Crippen molar-refractivity contribution in [1.82, 2.24) is 25.0 Å². The van der Waals surface area contributed by atoms with Crippen molar-refractivity contribution in [2.24, 2.45) is 4.99 Å². The van der Waals surface area contributed by atoms with Gasteiger partial charge in [0.15, 0.2) is 5.96 Å². The molecule has 0 aromatic carbocycles. The minimum Gasteiger partial charge on any atom is -0.368 e. The lowest BCUT2D eigenvalue weighted by Gasteiger charge is -2.37. The van der Waals surface area contributed by atoms with E-state index in [0.717, 1.165) is 76.0 Å². The van der Waals surface area contributed by atoms with E-state index in [2.05, 4.69) is 51.1 Å². The Hall–Kier alpha value is -1.66. The fraction of sp³-hybridized carbons (Fsp3) is 0.696. The molecule has 4 rings (SSSR count). The Morgan fingerprint density at radius 2 is 1.85 bits per heavy atom. The Morgan fingerprint density at radius 3 is 2.45 bits per heavy atom. The number of anilines is 1. The van der Waals surface area contributed by atoms with Gasteiger partial charge in [-0.1, -0.05) is 6.07 Å². The summed E-state index contributed by atoms with van der Waals surface area (Å²) in [7, 11) is 2.16. The predicted octanol–water partition coefficient (Wildman–Crippen LogP) is 1.24. The van der Waals surface area contributed by atoms with Crippen molar-refractivity contribution in [3.63, 3.8) is 0 Å². The summed E-state index contributed by atoms with van der Waals surface area (Å²) in [5.74, 6) is 2.10. The summed E-state index contributed by atoms with van der Waals surface area (Å²) < 4.78 is 5.57. The number of hydrogen-bond donors (Lipinski definition) is 1. The van der Waals surface area contributed by atoms with E-state index in [4.69, 9.17) is 9.73 Å². The summed E-state index contributed by atoms with van der Waals surface area (Å²) in [6.45, 7) is 11.4. The molecule has 33 heavy (non-hydrogen) atoms. The number of aliphatic imine (C=N–C) groups is 1. The largest absolute Gasteiger partial charge is 0.368 e. The van der Waals surface area contributed by atoms with Gasteiger partial charge in [-0.2, -0.15) is 0 Å². The first kappa shape index (κ1) is 26.0. The number of rotatable bonds is 5. The van der Waals surface area contributed by atoms with Gasteiger partial charge < -0.3 is 29.7 Å². The van der Waals surface area contributed by atoms with Crippen LogP contribution < -0.4 is 10.2 Å². The molecular formula is C23H38IN7O2. The standard InChI is InChI=1S/C23H37N7O2.HI/c1-3-24-23(30-14-12-29(13-15-30)22(31)20-5-4-16-32-20)26-18-19-6-7-21(25-17-19)28-10-8-27(2)9-11-28;/h6-7,17,20H,3-5,8-16,18H2,1-2H3,(H,24,26);1H. The molecule has 9 nitrogen and oxygen atoms in total. The van der Waals surface area contributed by atoms with Crippen LogP contribution in [-0.4, -0.2) is 110 Å². The molecule has 0 bridgehead atoms. The van der Waals surface area contributed by atoms with Crippen LogP contribution in [0.3, 0.4) is 0 Å². The van der Waals surface area contributed by atoms with Gasteiger partial charge in [0, 0.05) is 71.7 Å². The molecule has 3 fully saturated rings. The number of carbonyl (C=O) groups is 1. The van der Waals surface area contributed by atoms with Crippen LogP contribution in [0.5, 0.6) is 0 Å². The van der Waals surface area contributed by atoms with Crippen molar-refractivity contribution >= 4 is 41.7 Å². The molecule has 3 aliphatic rings. The van der Waals surface area contributed by atoms with Gasteiger partial charge in [-0.15, -0.1) is 24.0 Å². The van der Waals surface area contributed by atoms with Crippen LogP contribution in [0.1, 0.15) is 25.3 Å². The minimum atomic E-state index is -0.232. The lowest BCUT2D eigenvalue weighted by atomic mass is 10.2. The Kier molecular flexibility index (Phi) is 9.99. The van der Waals surface area contributed by atoms with E-state index in [0.29, 0.717) is 26.2 Å². The van der Waals surface area contributed by atoms with Crippen molar-refractivity contribution in [2.75, 3.05) is 77.5 Å². The first-order valence-electron chi connectivity index (χ1n) is 12.0. The fourth-order valence-electron chi connectivity index (χ4n) is 4.44. The number of nitrogens with zero attached hydrogens (tertiary/aromatic N) is 6. The molecule has 1 amide bonds. The molecule has 10 heteroatoms. The second-order valence-corrected chi connectivity index (χ2v) is 8.80. The van der Waals surface area contributed by atoms with Gasteiger partial charge in [0.2, 0.25) is 0 Å². The maximum absolute atomic E-state index is 12.6. The number of nitrogens with one attached hydrogen (secondary N) is 1.